The van der Waals surface area contributed by atoms with E-state index in [0.29, 0.717) is 12.6 Å². The van der Waals surface area contributed by atoms with Crippen LogP contribution in [0.15, 0.2) is 12.4 Å². The van der Waals surface area contributed by atoms with Gasteiger partial charge in [-0.15, -0.1) is 0 Å². The molecule has 0 atom stereocenters. The molecular weight excluding hydrogens is 212 g/mol. The van der Waals surface area contributed by atoms with E-state index in [4.69, 9.17) is 5.73 Å². The number of hydrogen-bond donors (Lipinski definition) is 1. The van der Waals surface area contributed by atoms with Crippen LogP contribution in [0.2, 0.25) is 0 Å². The third kappa shape index (κ3) is 2.94. The van der Waals surface area contributed by atoms with Crippen molar-refractivity contribution in [2.75, 3.05) is 18.0 Å². The first-order valence-electron chi connectivity index (χ1n) is 6.62. The number of aromatic nitrogens is 2. The molecule has 0 aliphatic heterocycles. The smallest absolute Gasteiger partial charge is 0.225 e. The fourth-order valence-electron chi connectivity index (χ4n) is 2.57. The molecule has 0 radical (unpaired) electrons. The van der Waals surface area contributed by atoms with Crippen molar-refractivity contribution in [3.05, 3.63) is 18.0 Å². The Hall–Kier alpha value is -1.16. The van der Waals surface area contributed by atoms with Crippen molar-refractivity contribution in [1.29, 1.82) is 0 Å². The maximum Gasteiger partial charge on any atom is 0.225 e. The number of nitrogens with zero attached hydrogens (tertiary/aromatic N) is 3. The van der Waals surface area contributed by atoms with Gasteiger partial charge in [0.2, 0.25) is 5.95 Å². The van der Waals surface area contributed by atoms with Crippen LogP contribution in [0.3, 0.4) is 0 Å². The molecule has 17 heavy (non-hydrogen) atoms. The summed E-state index contributed by atoms with van der Waals surface area (Å²) in [6.45, 7) is 3.82. The second kappa shape index (κ2) is 5.96. The van der Waals surface area contributed by atoms with E-state index in [0.717, 1.165) is 24.5 Å². The zero-order chi connectivity index (χ0) is 12.1. The van der Waals surface area contributed by atoms with Crippen molar-refractivity contribution < 1.29 is 0 Å². The lowest BCUT2D eigenvalue weighted by atomic mass is 10.2. The van der Waals surface area contributed by atoms with E-state index in [1.165, 1.54) is 25.7 Å². The van der Waals surface area contributed by atoms with E-state index < -0.39 is 0 Å². The SMILES string of the molecule is CCN(c1ncc(CCN)cn1)C1CCCC1. The molecule has 1 heterocycles. The Kier molecular flexibility index (Phi) is 4.31. The lowest BCUT2D eigenvalue weighted by Crippen LogP contribution is -2.34. The predicted molar refractivity (Wildman–Crippen MR) is 70.1 cm³/mol. The molecule has 0 bridgehead atoms. The van der Waals surface area contributed by atoms with Gasteiger partial charge < -0.3 is 10.6 Å². The van der Waals surface area contributed by atoms with E-state index in [-0.39, 0.29) is 0 Å². The fourth-order valence-corrected chi connectivity index (χ4v) is 2.57. The lowest BCUT2D eigenvalue weighted by Gasteiger charge is -2.27. The highest BCUT2D eigenvalue weighted by Crippen LogP contribution is 2.25. The molecule has 1 aliphatic carbocycles. The zero-order valence-electron chi connectivity index (χ0n) is 10.6. The minimum atomic E-state index is 0.639. The zero-order valence-corrected chi connectivity index (χ0v) is 10.6. The van der Waals surface area contributed by atoms with Gasteiger partial charge in [-0.05, 0) is 38.3 Å². The van der Waals surface area contributed by atoms with E-state index in [1.807, 2.05) is 12.4 Å². The van der Waals surface area contributed by atoms with Gasteiger partial charge in [0.1, 0.15) is 0 Å². The fraction of sp³-hybridized carbons (Fsp3) is 0.692. The van der Waals surface area contributed by atoms with Crippen molar-refractivity contribution in [2.45, 2.75) is 45.1 Å². The summed E-state index contributed by atoms with van der Waals surface area (Å²) in [5.41, 5.74) is 6.64. The molecule has 94 valence electrons. The lowest BCUT2D eigenvalue weighted by molar-refractivity contribution is 0.604. The van der Waals surface area contributed by atoms with Gasteiger partial charge in [0.25, 0.3) is 0 Å². The van der Waals surface area contributed by atoms with Crippen LogP contribution < -0.4 is 10.6 Å². The molecular formula is C13H22N4. The summed E-state index contributed by atoms with van der Waals surface area (Å²) in [6, 6.07) is 0.639. The molecule has 0 aromatic carbocycles. The summed E-state index contributed by atoms with van der Waals surface area (Å²) < 4.78 is 0. The summed E-state index contributed by atoms with van der Waals surface area (Å²) in [4.78, 5) is 11.3. The second-order valence-electron chi connectivity index (χ2n) is 4.65. The van der Waals surface area contributed by atoms with Crippen LogP contribution in [0.5, 0.6) is 0 Å². The molecule has 1 aromatic rings. The van der Waals surface area contributed by atoms with E-state index >= 15 is 0 Å². The molecule has 0 saturated heterocycles. The highest BCUT2D eigenvalue weighted by Gasteiger charge is 2.23. The van der Waals surface area contributed by atoms with Crippen LogP contribution in [-0.2, 0) is 6.42 Å². The highest BCUT2D eigenvalue weighted by molar-refractivity contribution is 5.32. The molecule has 0 unspecified atom stereocenters. The maximum absolute atomic E-state index is 5.52. The number of anilines is 1. The summed E-state index contributed by atoms with van der Waals surface area (Å²) in [7, 11) is 0. The summed E-state index contributed by atoms with van der Waals surface area (Å²) in [5, 5.41) is 0. The van der Waals surface area contributed by atoms with Gasteiger partial charge in [0, 0.05) is 25.0 Å². The Morgan fingerprint density at radius 1 is 1.29 bits per heavy atom. The van der Waals surface area contributed by atoms with E-state index in [9.17, 15) is 0 Å². The van der Waals surface area contributed by atoms with Crippen molar-refractivity contribution in [3.63, 3.8) is 0 Å². The standard InChI is InChI=1S/C13H22N4/c1-2-17(12-5-3-4-6-12)13-15-9-11(7-8-14)10-16-13/h9-10,12H,2-8,14H2,1H3. The predicted octanol–water partition coefficient (Wildman–Crippen LogP) is 1.75. The Morgan fingerprint density at radius 2 is 1.94 bits per heavy atom. The monoisotopic (exact) mass is 234 g/mol. The van der Waals surface area contributed by atoms with Crippen LogP contribution in [0.4, 0.5) is 5.95 Å². The van der Waals surface area contributed by atoms with E-state index in [2.05, 4.69) is 21.8 Å². The molecule has 1 aliphatic rings. The highest BCUT2D eigenvalue weighted by atomic mass is 15.3. The molecule has 1 fully saturated rings. The molecule has 0 spiro atoms. The molecule has 4 nitrogen and oxygen atoms in total. The average Bonchev–Trinajstić information content (AvgIpc) is 2.86. The van der Waals surface area contributed by atoms with Crippen LogP contribution in [0, 0.1) is 0 Å². The van der Waals surface area contributed by atoms with Crippen molar-refractivity contribution in [2.24, 2.45) is 5.73 Å². The third-order valence-corrected chi connectivity index (χ3v) is 3.49. The molecule has 1 aromatic heterocycles. The molecule has 2 N–H and O–H groups in total. The summed E-state index contributed by atoms with van der Waals surface area (Å²) in [5.74, 6) is 0.875. The first-order chi connectivity index (χ1) is 8.35. The van der Waals surface area contributed by atoms with Crippen molar-refractivity contribution in [3.8, 4) is 0 Å². The largest absolute Gasteiger partial charge is 0.338 e. The van der Waals surface area contributed by atoms with Gasteiger partial charge >= 0.3 is 0 Å². The van der Waals surface area contributed by atoms with Crippen LogP contribution >= 0.6 is 0 Å². The van der Waals surface area contributed by atoms with Crippen molar-refractivity contribution >= 4 is 5.95 Å². The van der Waals surface area contributed by atoms with Gasteiger partial charge in [0.05, 0.1) is 0 Å². The molecule has 0 amide bonds. The molecule has 4 heteroatoms. The Bertz CT molecular complexity index is 330. The minimum Gasteiger partial charge on any atom is -0.338 e. The molecule has 2 rings (SSSR count). The summed E-state index contributed by atoms with van der Waals surface area (Å²) >= 11 is 0. The first-order valence-corrected chi connectivity index (χ1v) is 6.62. The third-order valence-electron chi connectivity index (χ3n) is 3.49. The Balaban J connectivity index is 2.07. The maximum atomic E-state index is 5.52. The Labute approximate surface area is 103 Å². The average molecular weight is 234 g/mol. The molecule has 1 saturated carbocycles. The number of hydrogen-bond acceptors (Lipinski definition) is 4. The van der Waals surface area contributed by atoms with Gasteiger partial charge in [-0.1, -0.05) is 12.8 Å². The quantitative estimate of drug-likeness (QED) is 0.843. The Morgan fingerprint density at radius 3 is 2.47 bits per heavy atom. The van der Waals surface area contributed by atoms with Gasteiger partial charge in [-0.2, -0.15) is 0 Å². The van der Waals surface area contributed by atoms with Crippen molar-refractivity contribution in [1.82, 2.24) is 9.97 Å². The van der Waals surface area contributed by atoms with E-state index in [1.54, 1.807) is 0 Å². The van der Waals surface area contributed by atoms with Gasteiger partial charge in [-0.3, -0.25) is 0 Å². The topological polar surface area (TPSA) is 55.0 Å². The van der Waals surface area contributed by atoms with Crippen LogP contribution in [0.25, 0.3) is 0 Å². The summed E-state index contributed by atoms with van der Waals surface area (Å²) in [6.07, 6.45) is 9.91. The minimum absolute atomic E-state index is 0.639. The number of rotatable bonds is 5. The second-order valence-corrected chi connectivity index (χ2v) is 4.65. The van der Waals surface area contributed by atoms with Crippen LogP contribution in [-0.4, -0.2) is 29.1 Å². The number of nitrogens with two attached hydrogens (primary N) is 1. The normalized spacial score (nSPS) is 16.4. The first kappa shape index (κ1) is 12.3. The van der Waals surface area contributed by atoms with Gasteiger partial charge in [0.15, 0.2) is 0 Å². The van der Waals surface area contributed by atoms with Gasteiger partial charge in [-0.25, -0.2) is 9.97 Å². The van der Waals surface area contributed by atoms with Crippen LogP contribution in [0.1, 0.15) is 38.2 Å².